The Hall–Kier alpha value is -2.65. The van der Waals surface area contributed by atoms with Gasteiger partial charge in [-0.15, -0.1) is 0 Å². The summed E-state index contributed by atoms with van der Waals surface area (Å²) in [5.74, 6) is -0.613. The lowest BCUT2D eigenvalue weighted by Gasteiger charge is -2.15. The number of carbonyl (C=O) groups excluding carboxylic acids is 2. The van der Waals surface area contributed by atoms with Crippen LogP contribution >= 0.6 is 15.9 Å². The topological polar surface area (TPSA) is 82.0 Å². The first kappa shape index (κ1) is 16.2. The molecule has 0 atom stereocenters. The van der Waals surface area contributed by atoms with Crippen LogP contribution in [-0.4, -0.2) is 11.8 Å². The van der Waals surface area contributed by atoms with Gasteiger partial charge < -0.3 is 10.6 Å². The second-order valence-electron chi connectivity index (χ2n) is 5.69. The molecule has 0 bridgehead atoms. The van der Waals surface area contributed by atoms with E-state index in [1.165, 1.54) is 0 Å². The van der Waals surface area contributed by atoms with Gasteiger partial charge in [-0.3, -0.25) is 9.59 Å². The van der Waals surface area contributed by atoms with Crippen molar-refractivity contribution in [2.75, 3.05) is 10.6 Å². The molecule has 1 saturated carbocycles. The Morgan fingerprint density at radius 2 is 1.38 bits per heavy atom. The van der Waals surface area contributed by atoms with E-state index in [0.29, 0.717) is 29.8 Å². The number of nitriles is 1. The van der Waals surface area contributed by atoms with Crippen LogP contribution in [0.15, 0.2) is 53.0 Å². The molecule has 0 spiro atoms. The van der Waals surface area contributed by atoms with E-state index < -0.39 is 5.41 Å². The third kappa shape index (κ3) is 3.31. The highest BCUT2D eigenvalue weighted by molar-refractivity contribution is 9.10. The van der Waals surface area contributed by atoms with Crippen LogP contribution in [0.25, 0.3) is 0 Å². The number of hydrogen-bond acceptors (Lipinski definition) is 3. The predicted octanol–water partition coefficient (Wildman–Crippen LogP) is 3.68. The highest BCUT2D eigenvalue weighted by Gasteiger charge is 2.56. The van der Waals surface area contributed by atoms with E-state index in [0.717, 1.165) is 4.47 Å². The lowest BCUT2D eigenvalue weighted by Crippen LogP contribution is -2.35. The fourth-order valence-electron chi connectivity index (χ4n) is 2.35. The van der Waals surface area contributed by atoms with Crippen LogP contribution in [0.3, 0.4) is 0 Å². The molecule has 1 aliphatic rings. The molecule has 0 heterocycles. The summed E-state index contributed by atoms with van der Waals surface area (Å²) < 4.78 is 0.917. The molecule has 0 aliphatic heterocycles. The minimum absolute atomic E-state index is 0.295. The standard InChI is InChI=1S/C18H14BrN3O2/c19-13-3-7-15(8-4-13)22-17(24)18(9-10-18)16(23)21-14-5-1-12(11-20)2-6-14/h1-8H,9-10H2,(H,21,23)(H,22,24). The number of nitrogens with zero attached hydrogens (tertiary/aromatic N) is 1. The van der Waals surface area contributed by atoms with Crippen molar-refractivity contribution in [3.63, 3.8) is 0 Å². The predicted molar refractivity (Wildman–Crippen MR) is 94.2 cm³/mol. The van der Waals surface area contributed by atoms with Gasteiger partial charge in [0.05, 0.1) is 11.6 Å². The number of amides is 2. The minimum Gasteiger partial charge on any atom is -0.325 e. The Balaban J connectivity index is 1.68. The quantitative estimate of drug-likeness (QED) is 0.789. The summed E-state index contributed by atoms with van der Waals surface area (Å²) in [6, 6.07) is 15.8. The molecule has 0 aromatic heterocycles. The Bertz CT molecular complexity index is 819. The molecule has 0 unspecified atom stereocenters. The third-order valence-corrected chi connectivity index (χ3v) is 4.52. The van der Waals surface area contributed by atoms with E-state index in [9.17, 15) is 9.59 Å². The van der Waals surface area contributed by atoms with Crippen LogP contribution in [-0.2, 0) is 9.59 Å². The summed E-state index contributed by atoms with van der Waals surface area (Å²) in [5, 5.41) is 14.3. The molecule has 3 rings (SSSR count). The number of anilines is 2. The number of carbonyl (C=O) groups is 2. The number of nitrogens with one attached hydrogen (secondary N) is 2. The molecular weight excluding hydrogens is 370 g/mol. The van der Waals surface area contributed by atoms with Crippen LogP contribution in [0, 0.1) is 16.7 Å². The summed E-state index contributed by atoms with van der Waals surface area (Å²) >= 11 is 3.34. The minimum atomic E-state index is -1.01. The molecule has 1 aliphatic carbocycles. The van der Waals surface area contributed by atoms with E-state index >= 15 is 0 Å². The number of hydrogen-bond donors (Lipinski definition) is 2. The first-order valence-electron chi connectivity index (χ1n) is 7.42. The van der Waals surface area contributed by atoms with Gasteiger partial charge in [0.2, 0.25) is 11.8 Å². The molecule has 2 aromatic rings. The molecular formula is C18H14BrN3O2. The zero-order valence-corrected chi connectivity index (χ0v) is 14.3. The second kappa shape index (κ2) is 6.46. The van der Waals surface area contributed by atoms with Gasteiger partial charge in [-0.25, -0.2) is 0 Å². The summed E-state index contributed by atoms with van der Waals surface area (Å²) in [6.07, 6.45) is 1.05. The van der Waals surface area contributed by atoms with Gasteiger partial charge in [0, 0.05) is 15.8 Å². The van der Waals surface area contributed by atoms with Crippen molar-refractivity contribution >= 4 is 39.1 Å². The molecule has 2 N–H and O–H groups in total. The Kier molecular flexibility index (Phi) is 4.36. The molecule has 2 amide bonds. The van der Waals surface area contributed by atoms with Gasteiger partial charge in [-0.05, 0) is 61.4 Å². The summed E-state index contributed by atoms with van der Waals surface area (Å²) in [4.78, 5) is 25.0. The van der Waals surface area contributed by atoms with Gasteiger partial charge in [-0.2, -0.15) is 5.26 Å². The first-order chi connectivity index (χ1) is 11.5. The maximum absolute atomic E-state index is 12.5. The first-order valence-corrected chi connectivity index (χ1v) is 8.21. The monoisotopic (exact) mass is 383 g/mol. The van der Waals surface area contributed by atoms with Crippen molar-refractivity contribution < 1.29 is 9.59 Å². The van der Waals surface area contributed by atoms with Crippen LogP contribution in [0.1, 0.15) is 18.4 Å². The molecule has 1 fully saturated rings. The van der Waals surface area contributed by atoms with Crippen LogP contribution in [0.4, 0.5) is 11.4 Å². The van der Waals surface area contributed by atoms with Crippen molar-refractivity contribution in [2.45, 2.75) is 12.8 Å². The van der Waals surface area contributed by atoms with Crippen molar-refractivity contribution in [3.05, 3.63) is 58.6 Å². The average molecular weight is 384 g/mol. The SMILES string of the molecule is N#Cc1ccc(NC(=O)C2(C(=O)Nc3ccc(Br)cc3)CC2)cc1. The van der Waals surface area contributed by atoms with Gasteiger partial charge in [-0.1, -0.05) is 15.9 Å². The molecule has 2 aromatic carbocycles. The molecule has 6 heteroatoms. The van der Waals surface area contributed by atoms with Gasteiger partial charge in [0.25, 0.3) is 0 Å². The maximum Gasteiger partial charge on any atom is 0.240 e. The van der Waals surface area contributed by atoms with E-state index in [-0.39, 0.29) is 11.8 Å². The van der Waals surface area contributed by atoms with Gasteiger partial charge >= 0.3 is 0 Å². The third-order valence-electron chi connectivity index (χ3n) is 3.99. The largest absolute Gasteiger partial charge is 0.325 e. The molecule has 24 heavy (non-hydrogen) atoms. The Morgan fingerprint density at radius 1 is 0.917 bits per heavy atom. The summed E-state index contributed by atoms with van der Waals surface area (Å²) in [7, 11) is 0. The van der Waals surface area contributed by atoms with Gasteiger partial charge in [0.1, 0.15) is 5.41 Å². The van der Waals surface area contributed by atoms with Crippen molar-refractivity contribution in [3.8, 4) is 6.07 Å². The number of halogens is 1. The Morgan fingerprint density at radius 3 is 1.79 bits per heavy atom. The van der Waals surface area contributed by atoms with Crippen molar-refractivity contribution in [2.24, 2.45) is 5.41 Å². The zero-order chi connectivity index (χ0) is 17.2. The smallest absolute Gasteiger partial charge is 0.240 e. The molecule has 5 nitrogen and oxygen atoms in total. The van der Waals surface area contributed by atoms with Gasteiger partial charge in [0.15, 0.2) is 0 Å². The van der Waals surface area contributed by atoms with Crippen LogP contribution in [0.2, 0.25) is 0 Å². The van der Waals surface area contributed by atoms with E-state index in [4.69, 9.17) is 5.26 Å². The lowest BCUT2D eigenvalue weighted by molar-refractivity contribution is -0.131. The average Bonchev–Trinajstić information content (AvgIpc) is 3.39. The van der Waals surface area contributed by atoms with Crippen LogP contribution < -0.4 is 10.6 Å². The maximum atomic E-state index is 12.5. The number of rotatable bonds is 4. The second-order valence-corrected chi connectivity index (χ2v) is 6.60. The van der Waals surface area contributed by atoms with Crippen molar-refractivity contribution in [1.29, 1.82) is 5.26 Å². The lowest BCUT2D eigenvalue weighted by atomic mass is 10.0. The normalized spacial score (nSPS) is 14.3. The Labute approximate surface area is 147 Å². The van der Waals surface area contributed by atoms with E-state index in [1.807, 2.05) is 18.2 Å². The van der Waals surface area contributed by atoms with Crippen LogP contribution in [0.5, 0.6) is 0 Å². The van der Waals surface area contributed by atoms with E-state index in [1.54, 1.807) is 36.4 Å². The van der Waals surface area contributed by atoms with Crippen molar-refractivity contribution in [1.82, 2.24) is 0 Å². The fraction of sp³-hybridized carbons (Fsp3) is 0.167. The fourth-order valence-corrected chi connectivity index (χ4v) is 2.61. The number of benzene rings is 2. The summed E-state index contributed by atoms with van der Waals surface area (Å²) in [5.41, 5.74) is 0.727. The van der Waals surface area contributed by atoms with E-state index in [2.05, 4.69) is 26.6 Å². The summed E-state index contributed by atoms with van der Waals surface area (Å²) in [6.45, 7) is 0. The molecule has 120 valence electrons. The highest BCUT2D eigenvalue weighted by atomic mass is 79.9. The molecule has 0 saturated heterocycles. The zero-order valence-electron chi connectivity index (χ0n) is 12.7. The molecule has 0 radical (unpaired) electrons. The highest BCUT2D eigenvalue weighted by Crippen LogP contribution is 2.47.